The molecule has 0 unspecified atom stereocenters. The molecule has 1 aromatic heterocycles. The minimum absolute atomic E-state index is 0. The molecule has 0 aliphatic carbocycles. The molecular formula is C13H24Cl2N4O2. The fourth-order valence-corrected chi connectivity index (χ4v) is 1.51. The molecule has 0 fully saturated rings. The number of ether oxygens (including phenoxy) is 1. The minimum Gasteiger partial charge on any atom is -0.397 e. The summed E-state index contributed by atoms with van der Waals surface area (Å²) >= 11 is 0. The van der Waals surface area contributed by atoms with Gasteiger partial charge in [-0.1, -0.05) is 0 Å². The Morgan fingerprint density at radius 2 is 2.10 bits per heavy atom. The number of nitrogens with zero attached hydrogens (tertiary/aromatic N) is 2. The van der Waals surface area contributed by atoms with Crippen LogP contribution in [0.2, 0.25) is 0 Å². The van der Waals surface area contributed by atoms with Crippen LogP contribution in [0.4, 0.5) is 5.69 Å². The molecule has 0 saturated carbocycles. The lowest BCUT2D eigenvalue weighted by Crippen LogP contribution is -2.35. The Balaban J connectivity index is 0. The molecule has 21 heavy (non-hydrogen) atoms. The SMILES string of the molecule is COCCN(C)CCNC(=O)Cc1ccc(N)cn1.Cl.Cl. The van der Waals surface area contributed by atoms with E-state index in [4.69, 9.17) is 10.5 Å². The van der Waals surface area contributed by atoms with Crippen molar-refractivity contribution in [2.45, 2.75) is 6.42 Å². The van der Waals surface area contributed by atoms with Gasteiger partial charge in [0.1, 0.15) is 0 Å². The molecule has 0 radical (unpaired) electrons. The molecule has 0 aliphatic heterocycles. The monoisotopic (exact) mass is 338 g/mol. The molecule has 3 N–H and O–H groups in total. The number of amides is 1. The maximum Gasteiger partial charge on any atom is 0.226 e. The Hall–Kier alpha value is -1.08. The van der Waals surface area contributed by atoms with Crippen molar-refractivity contribution in [3.05, 3.63) is 24.0 Å². The number of carbonyl (C=O) groups is 1. The number of nitrogens with two attached hydrogens (primary N) is 1. The summed E-state index contributed by atoms with van der Waals surface area (Å²) in [5, 5.41) is 2.86. The van der Waals surface area contributed by atoms with Gasteiger partial charge in [-0.3, -0.25) is 9.78 Å². The molecule has 0 aliphatic rings. The molecule has 1 heterocycles. The summed E-state index contributed by atoms with van der Waals surface area (Å²) in [5.41, 5.74) is 6.85. The van der Waals surface area contributed by atoms with Crippen molar-refractivity contribution in [2.24, 2.45) is 0 Å². The van der Waals surface area contributed by atoms with Crippen LogP contribution in [-0.2, 0) is 16.0 Å². The van der Waals surface area contributed by atoms with E-state index in [1.54, 1.807) is 25.4 Å². The fourth-order valence-electron chi connectivity index (χ4n) is 1.51. The van der Waals surface area contributed by atoms with E-state index in [0.29, 0.717) is 18.8 Å². The molecule has 0 spiro atoms. The van der Waals surface area contributed by atoms with Gasteiger partial charge < -0.3 is 20.7 Å². The average Bonchev–Trinajstić information content (AvgIpc) is 2.39. The largest absolute Gasteiger partial charge is 0.397 e. The number of hydrogen-bond donors (Lipinski definition) is 2. The number of carbonyl (C=O) groups excluding carboxylic acids is 1. The predicted octanol–water partition coefficient (Wildman–Crippen LogP) is 0.744. The predicted molar refractivity (Wildman–Crippen MR) is 89.2 cm³/mol. The second-order valence-electron chi connectivity index (χ2n) is 4.41. The number of methoxy groups -OCH3 is 1. The van der Waals surface area contributed by atoms with E-state index in [9.17, 15) is 4.79 Å². The van der Waals surface area contributed by atoms with Crippen LogP contribution in [-0.4, -0.2) is 56.2 Å². The number of pyridine rings is 1. The van der Waals surface area contributed by atoms with E-state index >= 15 is 0 Å². The summed E-state index contributed by atoms with van der Waals surface area (Å²) in [6.45, 7) is 2.96. The van der Waals surface area contributed by atoms with Crippen molar-refractivity contribution >= 4 is 36.4 Å². The lowest BCUT2D eigenvalue weighted by Gasteiger charge is -2.16. The highest BCUT2D eigenvalue weighted by molar-refractivity contribution is 5.85. The maximum absolute atomic E-state index is 11.7. The molecule has 0 saturated heterocycles. The van der Waals surface area contributed by atoms with Crippen LogP contribution >= 0.6 is 24.8 Å². The van der Waals surface area contributed by atoms with Gasteiger partial charge in [0, 0.05) is 32.4 Å². The van der Waals surface area contributed by atoms with E-state index in [1.807, 2.05) is 7.05 Å². The smallest absolute Gasteiger partial charge is 0.226 e. The minimum atomic E-state index is -0.0302. The number of nitrogen functional groups attached to an aromatic ring is 1. The van der Waals surface area contributed by atoms with E-state index in [2.05, 4.69) is 15.2 Å². The van der Waals surface area contributed by atoms with Crippen molar-refractivity contribution < 1.29 is 9.53 Å². The Kier molecular flexibility index (Phi) is 13.4. The maximum atomic E-state index is 11.7. The molecular weight excluding hydrogens is 315 g/mol. The first-order valence-electron chi connectivity index (χ1n) is 6.26. The Morgan fingerprint density at radius 3 is 2.67 bits per heavy atom. The molecule has 122 valence electrons. The summed E-state index contributed by atoms with van der Waals surface area (Å²) in [4.78, 5) is 17.9. The third-order valence-electron chi connectivity index (χ3n) is 2.68. The van der Waals surface area contributed by atoms with Crippen LogP contribution in [0.5, 0.6) is 0 Å². The fraction of sp³-hybridized carbons (Fsp3) is 0.538. The first-order chi connectivity index (χ1) is 9.11. The molecule has 0 aromatic carbocycles. The Labute approximate surface area is 138 Å². The number of rotatable bonds is 8. The molecule has 6 nitrogen and oxygen atoms in total. The lowest BCUT2D eigenvalue weighted by atomic mass is 10.2. The summed E-state index contributed by atoms with van der Waals surface area (Å²) in [5.74, 6) is -0.0302. The Morgan fingerprint density at radius 1 is 1.38 bits per heavy atom. The normalized spacial score (nSPS) is 9.67. The molecule has 1 rings (SSSR count). The average molecular weight is 339 g/mol. The number of aromatic nitrogens is 1. The van der Waals surface area contributed by atoms with Crippen LogP contribution < -0.4 is 11.1 Å². The lowest BCUT2D eigenvalue weighted by molar-refractivity contribution is -0.120. The van der Waals surface area contributed by atoms with Crippen molar-refractivity contribution in [3.8, 4) is 0 Å². The Bertz CT molecular complexity index is 390. The zero-order valence-electron chi connectivity index (χ0n) is 12.4. The van der Waals surface area contributed by atoms with E-state index in [-0.39, 0.29) is 37.1 Å². The van der Waals surface area contributed by atoms with Gasteiger partial charge in [-0.15, -0.1) is 24.8 Å². The van der Waals surface area contributed by atoms with Crippen LogP contribution in [0.1, 0.15) is 5.69 Å². The molecule has 1 aromatic rings. The number of nitrogens with one attached hydrogen (secondary N) is 1. The van der Waals surface area contributed by atoms with Crippen LogP contribution in [0.15, 0.2) is 18.3 Å². The molecule has 0 bridgehead atoms. The van der Waals surface area contributed by atoms with Gasteiger partial charge in [-0.25, -0.2) is 0 Å². The van der Waals surface area contributed by atoms with E-state index < -0.39 is 0 Å². The van der Waals surface area contributed by atoms with Gasteiger partial charge >= 0.3 is 0 Å². The van der Waals surface area contributed by atoms with Crippen molar-refractivity contribution in [1.29, 1.82) is 0 Å². The van der Waals surface area contributed by atoms with Gasteiger partial charge in [0.2, 0.25) is 5.91 Å². The van der Waals surface area contributed by atoms with Gasteiger partial charge in [-0.05, 0) is 19.2 Å². The first-order valence-corrected chi connectivity index (χ1v) is 6.26. The highest BCUT2D eigenvalue weighted by atomic mass is 35.5. The second kappa shape index (κ2) is 12.6. The van der Waals surface area contributed by atoms with E-state index in [1.165, 1.54) is 0 Å². The molecule has 8 heteroatoms. The van der Waals surface area contributed by atoms with Gasteiger partial charge in [0.05, 0.1) is 24.9 Å². The topological polar surface area (TPSA) is 80.5 Å². The summed E-state index contributed by atoms with van der Waals surface area (Å²) in [6.07, 6.45) is 1.84. The zero-order valence-corrected chi connectivity index (χ0v) is 14.0. The van der Waals surface area contributed by atoms with Gasteiger partial charge in [0.25, 0.3) is 0 Å². The third kappa shape index (κ3) is 10.3. The quantitative estimate of drug-likeness (QED) is 0.730. The number of anilines is 1. The summed E-state index contributed by atoms with van der Waals surface area (Å²) in [7, 11) is 3.67. The van der Waals surface area contributed by atoms with E-state index in [0.717, 1.165) is 18.8 Å². The zero-order chi connectivity index (χ0) is 14.1. The van der Waals surface area contributed by atoms with Crippen molar-refractivity contribution in [1.82, 2.24) is 15.2 Å². The highest BCUT2D eigenvalue weighted by Crippen LogP contribution is 2.01. The van der Waals surface area contributed by atoms with Gasteiger partial charge in [0.15, 0.2) is 0 Å². The van der Waals surface area contributed by atoms with Crippen LogP contribution in [0.3, 0.4) is 0 Å². The molecule has 0 atom stereocenters. The third-order valence-corrected chi connectivity index (χ3v) is 2.68. The second-order valence-corrected chi connectivity index (χ2v) is 4.41. The van der Waals surface area contributed by atoms with Crippen molar-refractivity contribution in [2.75, 3.05) is 46.1 Å². The van der Waals surface area contributed by atoms with Crippen molar-refractivity contribution in [3.63, 3.8) is 0 Å². The number of likely N-dealkylation sites (N-methyl/N-ethyl adjacent to an activating group) is 1. The first kappa shape index (κ1) is 22.2. The van der Waals surface area contributed by atoms with Crippen LogP contribution in [0, 0.1) is 0 Å². The van der Waals surface area contributed by atoms with Crippen LogP contribution in [0.25, 0.3) is 0 Å². The summed E-state index contributed by atoms with van der Waals surface area (Å²) in [6, 6.07) is 3.51. The number of halogens is 2. The molecule has 1 amide bonds. The highest BCUT2D eigenvalue weighted by Gasteiger charge is 2.04. The standard InChI is InChI=1S/C13H22N4O2.2ClH/c1-17(7-8-19-2)6-5-15-13(18)9-12-4-3-11(14)10-16-12;;/h3-4,10H,5-9,14H2,1-2H3,(H,15,18);2*1H. The summed E-state index contributed by atoms with van der Waals surface area (Å²) < 4.78 is 4.98. The number of hydrogen-bond acceptors (Lipinski definition) is 5. The van der Waals surface area contributed by atoms with Gasteiger partial charge in [-0.2, -0.15) is 0 Å².